The van der Waals surface area contributed by atoms with Gasteiger partial charge in [0, 0.05) is 12.5 Å². The smallest absolute Gasteiger partial charge is 0.405 e. The minimum atomic E-state index is -0.664. The molecule has 0 radical (unpaired) electrons. The topological polar surface area (TPSA) is 72.6 Å². The van der Waals surface area contributed by atoms with E-state index in [4.69, 9.17) is 10.5 Å². The molecular formula is C14H25NO3. The Balaban J connectivity index is 2.31. The van der Waals surface area contributed by atoms with Crippen LogP contribution in [0.4, 0.5) is 4.79 Å². The third-order valence-electron chi connectivity index (χ3n) is 5.11. The largest absolute Gasteiger partial charge is 0.443 e. The predicted octanol–water partition coefficient (Wildman–Crippen LogP) is 2.44. The van der Waals surface area contributed by atoms with Crippen molar-refractivity contribution >= 4 is 6.09 Å². The van der Waals surface area contributed by atoms with Gasteiger partial charge in [-0.1, -0.05) is 20.8 Å². The first-order chi connectivity index (χ1) is 8.23. The summed E-state index contributed by atoms with van der Waals surface area (Å²) in [6, 6.07) is 0. The van der Waals surface area contributed by atoms with E-state index in [0.717, 1.165) is 32.1 Å². The number of carbonyl (C=O) groups excluding carboxylic acids is 1. The summed E-state index contributed by atoms with van der Waals surface area (Å²) in [6.45, 7) is 6.77. The second-order valence-corrected chi connectivity index (χ2v) is 7.27. The summed E-state index contributed by atoms with van der Waals surface area (Å²) in [4.78, 5) is 11.2. The van der Waals surface area contributed by atoms with Crippen molar-refractivity contribution in [3.05, 3.63) is 0 Å². The number of amides is 1. The lowest BCUT2D eigenvalue weighted by atomic mass is 9.49. The molecule has 3 aliphatic carbocycles. The third-order valence-corrected chi connectivity index (χ3v) is 5.11. The molecule has 4 nitrogen and oxygen atoms in total. The number of fused-ring (bicyclic) bond motifs is 3. The summed E-state index contributed by atoms with van der Waals surface area (Å²) < 4.78 is 5.55. The maximum atomic E-state index is 11.2. The molecule has 0 saturated heterocycles. The summed E-state index contributed by atoms with van der Waals surface area (Å²) in [5.41, 5.74) is 4.95. The lowest BCUT2D eigenvalue weighted by molar-refractivity contribution is -0.176. The van der Waals surface area contributed by atoms with Crippen molar-refractivity contribution in [2.75, 3.05) is 6.61 Å². The van der Waals surface area contributed by atoms with Gasteiger partial charge in [-0.2, -0.15) is 0 Å². The Bertz CT molecular complexity index is 337. The molecule has 4 heteroatoms. The highest BCUT2D eigenvalue weighted by atomic mass is 16.6. The van der Waals surface area contributed by atoms with Crippen LogP contribution in [0.3, 0.4) is 0 Å². The molecule has 3 saturated carbocycles. The number of hydrogen-bond donors (Lipinski definition) is 2. The first kappa shape index (κ1) is 13.7. The van der Waals surface area contributed by atoms with Crippen molar-refractivity contribution in [2.24, 2.45) is 22.5 Å². The Morgan fingerprint density at radius 2 is 1.89 bits per heavy atom. The van der Waals surface area contributed by atoms with Gasteiger partial charge in [0.25, 0.3) is 0 Å². The van der Waals surface area contributed by atoms with Gasteiger partial charge in [0.15, 0.2) is 0 Å². The maximum absolute atomic E-state index is 11.2. The molecule has 104 valence electrons. The van der Waals surface area contributed by atoms with E-state index >= 15 is 0 Å². The molecule has 3 rings (SSSR count). The first-order valence-electron chi connectivity index (χ1n) is 6.82. The fourth-order valence-corrected chi connectivity index (χ4v) is 4.07. The van der Waals surface area contributed by atoms with Gasteiger partial charge in [0.2, 0.25) is 0 Å². The van der Waals surface area contributed by atoms with E-state index in [2.05, 4.69) is 20.8 Å². The molecule has 0 aromatic rings. The van der Waals surface area contributed by atoms with Crippen molar-refractivity contribution in [2.45, 2.75) is 58.5 Å². The zero-order valence-electron chi connectivity index (χ0n) is 11.7. The van der Waals surface area contributed by atoms with Crippen LogP contribution in [0.1, 0.15) is 52.9 Å². The van der Waals surface area contributed by atoms with Crippen LogP contribution >= 0.6 is 0 Å². The van der Waals surface area contributed by atoms with Crippen LogP contribution in [-0.2, 0) is 4.74 Å². The summed E-state index contributed by atoms with van der Waals surface area (Å²) in [5, 5.41) is 9.68. The number of aliphatic hydroxyl groups excluding tert-OH is 1. The molecular weight excluding hydrogens is 230 g/mol. The molecule has 3 aliphatic rings. The van der Waals surface area contributed by atoms with Crippen LogP contribution in [-0.4, -0.2) is 23.4 Å². The summed E-state index contributed by atoms with van der Waals surface area (Å²) in [5.74, 6) is 0.271. The second kappa shape index (κ2) is 4.12. The molecule has 1 unspecified atom stereocenters. The second-order valence-electron chi connectivity index (χ2n) is 7.27. The Hall–Kier alpha value is -0.770. The normalized spacial score (nSPS) is 39.7. The fourth-order valence-electron chi connectivity index (χ4n) is 4.07. The van der Waals surface area contributed by atoms with E-state index in [-0.39, 0.29) is 23.4 Å². The average Bonchev–Trinajstić information content (AvgIpc) is 2.28. The number of primary amides is 1. The lowest BCUT2D eigenvalue weighted by Crippen LogP contribution is -2.59. The van der Waals surface area contributed by atoms with Crippen LogP contribution in [0.5, 0.6) is 0 Å². The highest BCUT2D eigenvalue weighted by Gasteiger charge is 2.59. The fraction of sp³-hybridized carbons (Fsp3) is 0.929. The van der Waals surface area contributed by atoms with Crippen molar-refractivity contribution in [3.63, 3.8) is 0 Å². The minimum Gasteiger partial charge on any atom is -0.443 e. The molecule has 3 N–H and O–H groups in total. The van der Waals surface area contributed by atoms with Crippen molar-refractivity contribution in [1.29, 1.82) is 0 Å². The van der Waals surface area contributed by atoms with Gasteiger partial charge in [-0.15, -0.1) is 0 Å². The van der Waals surface area contributed by atoms with E-state index < -0.39 is 11.7 Å². The van der Waals surface area contributed by atoms with Crippen molar-refractivity contribution in [1.82, 2.24) is 0 Å². The number of ether oxygens (including phenoxy) is 1. The molecule has 2 bridgehead atoms. The monoisotopic (exact) mass is 255 g/mol. The van der Waals surface area contributed by atoms with Crippen LogP contribution in [0.15, 0.2) is 0 Å². The number of hydrogen-bond acceptors (Lipinski definition) is 3. The van der Waals surface area contributed by atoms with Crippen LogP contribution < -0.4 is 5.73 Å². The Kier molecular flexibility index (Phi) is 3.13. The minimum absolute atomic E-state index is 0.0424. The maximum Gasteiger partial charge on any atom is 0.405 e. The Labute approximate surface area is 109 Å². The Morgan fingerprint density at radius 1 is 1.33 bits per heavy atom. The number of aliphatic hydroxyl groups is 1. The highest BCUT2D eigenvalue weighted by Crippen LogP contribution is 2.60. The summed E-state index contributed by atoms with van der Waals surface area (Å²) in [6.07, 6.45) is 3.80. The standard InChI is InChI=1S/C14H25NO3/c1-12(2,3)10-8-13(9-16)4-6-14(10,7-5-13)18-11(15)17/h10,16H,4-9H2,1-3H3,(H2,15,17). The lowest BCUT2D eigenvalue weighted by Gasteiger charge is -2.59. The van der Waals surface area contributed by atoms with Crippen LogP contribution in [0, 0.1) is 16.7 Å². The van der Waals surface area contributed by atoms with Gasteiger partial charge in [0.05, 0.1) is 0 Å². The van der Waals surface area contributed by atoms with E-state index in [9.17, 15) is 9.90 Å². The quantitative estimate of drug-likeness (QED) is 0.796. The van der Waals surface area contributed by atoms with Gasteiger partial charge in [-0.05, 0) is 42.9 Å². The zero-order valence-corrected chi connectivity index (χ0v) is 11.7. The van der Waals surface area contributed by atoms with Crippen LogP contribution in [0.2, 0.25) is 0 Å². The highest BCUT2D eigenvalue weighted by molar-refractivity contribution is 5.65. The van der Waals surface area contributed by atoms with Gasteiger partial charge in [0.1, 0.15) is 5.60 Å². The molecule has 0 aromatic carbocycles. The third kappa shape index (κ3) is 2.11. The number of rotatable bonds is 2. The summed E-state index contributed by atoms with van der Waals surface area (Å²) >= 11 is 0. The van der Waals surface area contributed by atoms with Gasteiger partial charge in [-0.3, -0.25) is 0 Å². The molecule has 18 heavy (non-hydrogen) atoms. The SMILES string of the molecule is CC(C)(C)C1CC2(CO)CCC1(OC(N)=O)CC2. The summed E-state index contributed by atoms with van der Waals surface area (Å²) in [7, 11) is 0. The molecule has 0 spiro atoms. The Morgan fingerprint density at radius 3 is 2.28 bits per heavy atom. The number of nitrogens with two attached hydrogens (primary N) is 1. The van der Waals surface area contributed by atoms with Gasteiger partial charge in [-0.25, -0.2) is 4.79 Å². The van der Waals surface area contributed by atoms with E-state index in [1.165, 1.54) is 0 Å². The first-order valence-corrected chi connectivity index (χ1v) is 6.82. The number of carbonyl (C=O) groups is 1. The van der Waals surface area contributed by atoms with E-state index in [0.29, 0.717) is 0 Å². The average molecular weight is 255 g/mol. The molecule has 0 heterocycles. The molecule has 0 aromatic heterocycles. The zero-order chi connectivity index (χ0) is 13.6. The van der Waals surface area contributed by atoms with Crippen molar-refractivity contribution in [3.8, 4) is 0 Å². The molecule has 1 amide bonds. The molecule has 1 atom stereocenters. The van der Waals surface area contributed by atoms with Gasteiger partial charge < -0.3 is 15.6 Å². The molecule has 0 aliphatic heterocycles. The van der Waals surface area contributed by atoms with Gasteiger partial charge >= 0.3 is 6.09 Å². The van der Waals surface area contributed by atoms with Crippen LogP contribution in [0.25, 0.3) is 0 Å². The molecule has 3 fully saturated rings. The predicted molar refractivity (Wildman–Crippen MR) is 68.9 cm³/mol. The van der Waals surface area contributed by atoms with E-state index in [1.807, 2.05) is 0 Å². The van der Waals surface area contributed by atoms with E-state index in [1.54, 1.807) is 0 Å². The van der Waals surface area contributed by atoms with Crippen molar-refractivity contribution < 1.29 is 14.6 Å².